The fraction of sp³-hybridized carbons (Fsp3) is 0.0500. The number of hydrogen-bond donors (Lipinski definition) is 0. The van der Waals surface area contributed by atoms with Gasteiger partial charge in [-0.15, -0.1) is 11.3 Å². The molecule has 0 atom stereocenters. The first-order valence-electron chi connectivity index (χ1n) is 7.99. The minimum atomic E-state index is 0.996. The summed E-state index contributed by atoms with van der Waals surface area (Å²) in [5.74, 6) is 0.996. The van der Waals surface area contributed by atoms with Gasteiger partial charge in [-0.3, -0.25) is 4.40 Å². The van der Waals surface area contributed by atoms with E-state index in [4.69, 9.17) is 4.98 Å². The van der Waals surface area contributed by atoms with E-state index in [0.29, 0.717) is 0 Å². The second-order valence-corrected chi connectivity index (χ2v) is 7.26. The molecule has 0 fully saturated rings. The first-order valence-corrected chi connectivity index (χ1v) is 8.80. The van der Waals surface area contributed by atoms with Crippen LogP contribution in [0.1, 0.15) is 0 Å². The fourth-order valence-electron chi connectivity index (χ4n) is 3.83. The molecule has 0 aliphatic carbocycles. The van der Waals surface area contributed by atoms with Crippen LogP contribution in [0.15, 0.2) is 60.7 Å². The Kier molecular flexibility index (Phi) is 2.18. The Hall–Kier alpha value is -2.85. The van der Waals surface area contributed by atoms with E-state index in [1.54, 1.807) is 0 Å². The lowest BCUT2D eigenvalue weighted by molar-refractivity contribution is 0.974. The highest BCUT2D eigenvalue weighted by molar-refractivity contribution is 7.26. The summed E-state index contributed by atoms with van der Waals surface area (Å²) in [5.41, 5.74) is 4.70. The van der Waals surface area contributed by atoms with Crippen molar-refractivity contribution >= 4 is 59.4 Å². The maximum Gasteiger partial charge on any atom is 0.215 e. The standard InChI is InChI=1S/C20H13N3S/c1-22-15-7-3-4-8-16(15)23-18-14(21-20(22)23)11-10-13-12-6-2-5-9-17(12)24-19(13)18/h2-11H,1H3. The predicted octanol–water partition coefficient (Wildman–Crippen LogP) is 5.35. The van der Waals surface area contributed by atoms with Crippen molar-refractivity contribution in [3.8, 4) is 0 Å². The molecule has 3 aromatic carbocycles. The van der Waals surface area contributed by atoms with Gasteiger partial charge >= 0.3 is 0 Å². The maximum absolute atomic E-state index is 4.90. The zero-order valence-electron chi connectivity index (χ0n) is 13.0. The maximum atomic E-state index is 4.90. The van der Waals surface area contributed by atoms with Crippen LogP contribution >= 0.6 is 11.3 Å². The molecule has 4 heteroatoms. The fourth-order valence-corrected chi connectivity index (χ4v) is 5.06. The van der Waals surface area contributed by atoms with E-state index in [-0.39, 0.29) is 0 Å². The summed E-state index contributed by atoms with van der Waals surface area (Å²) in [4.78, 5) is 4.90. The van der Waals surface area contributed by atoms with E-state index in [0.717, 1.165) is 11.3 Å². The summed E-state index contributed by atoms with van der Waals surface area (Å²) >= 11 is 1.86. The number of aryl methyl sites for hydroxylation is 1. The van der Waals surface area contributed by atoms with Crippen molar-refractivity contribution in [1.29, 1.82) is 0 Å². The number of para-hydroxylation sites is 2. The number of benzene rings is 3. The molecule has 0 aliphatic heterocycles. The lowest BCUT2D eigenvalue weighted by Gasteiger charge is -1.97. The number of thiophene rings is 1. The third-order valence-corrected chi connectivity index (χ3v) is 6.12. The molecule has 0 spiro atoms. The molecule has 0 saturated carbocycles. The molecule has 3 heterocycles. The average Bonchev–Trinajstić information content (AvgIpc) is 3.25. The van der Waals surface area contributed by atoms with E-state index in [1.165, 1.54) is 36.7 Å². The van der Waals surface area contributed by atoms with Gasteiger partial charge in [-0.2, -0.15) is 0 Å². The minimum Gasteiger partial charge on any atom is -0.313 e. The van der Waals surface area contributed by atoms with Crippen molar-refractivity contribution in [2.75, 3.05) is 0 Å². The quantitative estimate of drug-likeness (QED) is 0.369. The minimum absolute atomic E-state index is 0.996. The molecule has 0 N–H and O–H groups in total. The molecular weight excluding hydrogens is 314 g/mol. The van der Waals surface area contributed by atoms with E-state index in [9.17, 15) is 0 Å². The first kappa shape index (κ1) is 12.6. The van der Waals surface area contributed by atoms with Crippen LogP contribution in [0.25, 0.3) is 48.0 Å². The van der Waals surface area contributed by atoms with Gasteiger partial charge in [0.15, 0.2) is 0 Å². The summed E-state index contributed by atoms with van der Waals surface area (Å²) in [7, 11) is 2.09. The Morgan fingerprint density at radius 3 is 2.54 bits per heavy atom. The number of rotatable bonds is 0. The Balaban J connectivity index is 1.98. The number of hydrogen-bond acceptors (Lipinski definition) is 2. The predicted molar refractivity (Wildman–Crippen MR) is 102 cm³/mol. The molecule has 6 aromatic rings. The van der Waals surface area contributed by atoms with Gasteiger partial charge in [0, 0.05) is 22.5 Å². The topological polar surface area (TPSA) is 22.2 Å². The van der Waals surface area contributed by atoms with E-state index in [1.807, 2.05) is 11.3 Å². The third kappa shape index (κ3) is 1.36. The molecule has 0 saturated heterocycles. The highest BCUT2D eigenvalue weighted by Gasteiger charge is 2.17. The SMILES string of the molecule is Cn1c2ccccc2n2c3c(ccc4c5ccccc5sc43)nc12. The number of nitrogens with zero attached hydrogens (tertiary/aromatic N) is 3. The van der Waals surface area contributed by atoms with E-state index in [2.05, 4.69) is 76.7 Å². The van der Waals surface area contributed by atoms with Gasteiger partial charge in [0.05, 0.1) is 26.8 Å². The normalized spacial score (nSPS) is 12.4. The third-order valence-electron chi connectivity index (χ3n) is 4.93. The second-order valence-electron chi connectivity index (χ2n) is 6.20. The lowest BCUT2D eigenvalue weighted by atomic mass is 10.1. The number of fused-ring (bicyclic) bond motifs is 9. The zero-order chi connectivity index (χ0) is 15.8. The van der Waals surface area contributed by atoms with Crippen LogP contribution in [-0.2, 0) is 7.05 Å². The number of imidazole rings is 2. The first-order chi connectivity index (χ1) is 11.8. The Labute approximate surface area is 141 Å². The van der Waals surface area contributed by atoms with Crippen molar-refractivity contribution in [2.24, 2.45) is 7.05 Å². The summed E-state index contributed by atoms with van der Waals surface area (Å²) in [5, 5.41) is 2.65. The van der Waals surface area contributed by atoms with Gasteiger partial charge in [0.2, 0.25) is 5.78 Å². The van der Waals surface area contributed by atoms with Crippen LogP contribution in [-0.4, -0.2) is 14.0 Å². The van der Waals surface area contributed by atoms with Gasteiger partial charge in [0.1, 0.15) is 0 Å². The number of aromatic nitrogens is 3. The van der Waals surface area contributed by atoms with Crippen molar-refractivity contribution < 1.29 is 0 Å². The summed E-state index contributed by atoms with van der Waals surface area (Å²) in [6.45, 7) is 0. The van der Waals surface area contributed by atoms with Gasteiger partial charge in [-0.05, 0) is 24.3 Å². The van der Waals surface area contributed by atoms with Crippen LogP contribution < -0.4 is 0 Å². The van der Waals surface area contributed by atoms with Gasteiger partial charge < -0.3 is 4.57 Å². The average molecular weight is 327 g/mol. The van der Waals surface area contributed by atoms with Crippen molar-refractivity contribution in [2.45, 2.75) is 0 Å². The highest BCUT2D eigenvalue weighted by Crippen LogP contribution is 2.39. The van der Waals surface area contributed by atoms with E-state index >= 15 is 0 Å². The molecule has 0 unspecified atom stereocenters. The Morgan fingerprint density at radius 1 is 0.833 bits per heavy atom. The van der Waals surface area contributed by atoms with Crippen LogP contribution in [0.4, 0.5) is 0 Å². The second kappa shape index (κ2) is 4.16. The van der Waals surface area contributed by atoms with Crippen molar-refractivity contribution in [3.63, 3.8) is 0 Å². The van der Waals surface area contributed by atoms with Gasteiger partial charge in [-0.1, -0.05) is 36.4 Å². The summed E-state index contributed by atoms with van der Waals surface area (Å²) in [6.07, 6.45) is 0. The molecular formula is C20H13N3S. The van der Waals surface area contributed by atoms with Crippen LogP contribution in [0.2, 0.25) is 0 Å². The highest BCUT2D eigenvalue weighted by atomic mass is 32.1. The van der Waals surface area contributed by atoms with Crippen LogP contribution in [0.3, 0.4) is 0 Å². The molecule has 0 radical (unpaired) electrons. The molecule has 3 aromatic heterocycles. The lowest BCUT2D eigenvalue weighted by Crippen LogP contribution is -1.87. The molecule has 6 rings (SSSR count). The van der Waals surface area contributed by atoms with Crippen LogP contribution in [0.5, 0.6) is 0 Å². The van der Waals surface area contributed by atoms with E-state index < -0.39 is 0 Å². The molecule has 114 valence electrons. The molecule has 3 nitrogen and oxygen atoms in total. The summed E-state index contributed by atoms with van der Waals surface area (Å²) in [6, 6.07) is 21.5. The molecule has 0 bridgehead atoms. The zero-order valence-corrected chi connectivity index (χ0v) is 13.8. The largest absolute Gasteiger partial charge is 0.313 e. The van der Waals surface area contributed by atoms with Crippen molar-refractivity contribution in [1.82, 2.24) is 14.0 Å². The van der Waals surface area contributed by atoms with Gasteiger partial charge in [-0.25, -0.2) is 4.98 Å². The van der Waals surface area contributed by atoms with Crippen molar-refractivity contribution in [3.05, 3.63) is 60.7 Å². The van der Waals surface area contributed by atoms with Gasteiger partial charge in [0.25, 0.3) is 0 Å². The molecule has 0 aliphatic rings. The Bertz CT molecular complexity index is 1410. The molecule has 24 heavy (non-hydrogen) atoms. The summed E-state index contributed by atoms with van der Waals surface area (Å²) < 4.78 is 7.13. The molecule has 0 amide bonds. The smallest absolute Gasteiger partial charge is 0.215 e. The Morgan fingerprint density at radius 2 is 1.62 bits per heavy atom. The van der Waals surface area contributed by atoms with Crippen LogP contribution in [0, 0.1) is 0 Å². The monoisotopic (exact) mass is 327 g/mol.